The van der Waals surface area contributed by atoms with Gasteiger partial charge in [-0.15, -0.1) is 0 Å². The fourth-order valence-electron chi connectivity index (χ4n) is 3.20. The van der Waals surface area contributed by atoms with Gasteiger partial charge < -0.3 is 4.90 Å². The van der Waals surface area contributed by atoms with Crippen molar-refractivity contribution in [3.8, 4) is 0 Å². The molecule has 1 fully saturated rings. The first-order valence-corrected chi connectivity index (χ1v) is 9.85. The first-order valence-electron chi connectivity index (χ1n) is 8.30. The third-order valence-electron chi connectivity index (χ3n) is 4.64. The molecule has 1 aliphatic heterocycles. The van der Waals surface area contributed by atoms with Crippen LogP contribution in [0.15, 0.2) is 53.4 Å². The first kappa shape index (κ1) is 18.5. The maximum Gasteiger partial charge on any atom is 0.341 e. The van der Waals surface area contributed by atoms with Crippen LogP contribution in [0.4, 0.5) is 8.78 Å². The van der Waals surface area contributed by atoms with E-state index >= 15 is 0 Å². The second kappa shape index (κ2) is 7.15. The van der Waals surface area contributed by atoms with Crippen LogP contribution in [0.2, 0.25) is 0 Å². The number of likely N-dealkylation sites (tertiary alicyclic amines) is 1. The molecule has 0 aromatic heterocycles. The standard InChI is InChI=1S/C19H19F2NO3S/c1-13-4-6-14(7-5-13)17-3-2-12-22(17)18(23)15-8-10-16(11-9-15)26(24,25)19(20)21/h4-11,17,19H,2-3,12H2,1H3. The highest BCUT2D eigenvalue weighted by atomic mass is 32.2. The van der Waals surface area contributed by atoms with E-state index in [-0.39, 0.29) is 17.5 Å². The molecule has 0 saturated carbocycles. The van der Waals surface area contributed by atoms with E-state index < -0.39 is 20.5 Å². The molecule has 2 aromatic rings. The quantitative estimate of drug-likeness (QED) is 0.808. The van der Waals surface area contributed by atoms with Gasteiger partial charge in [-0.25, -0.2) is 8.42 Å². The molecule has 138 valence electrons. The maximum absolute atomic E-state index is 12.8. The van der Waals surface area contributed by atoms with Crippen molar-refractivity contribution >= 4 is 15.7 Å². The van der Waals surface area contributed by atoms with Gasteiger partial charge in [0.25, 0.3) is 5.91 Å². The zero-order valence-electron chi connectivity index (χ0n) is 14.2. The summed E-state index contributed by atoms with van der Waals surface area (Å²) in [7, 11) is -4.65. The van der Waals surface area contributed by atoms with Crippen molar-refractivity contribution in [1.29, 1.82) is 0 Å². The number of aryl methyl sites for hydroxylation is 1. The van der Waals surface area contributed by atoms with E-state index in [9.17, 15) is 22.0 Å². The molecule has 0 N–H and O–H groups in total. The molecule has 1 aliphatic rings. The van der Waals surface area contributed by atoms with Crippen molar-refractivity contribution in [2.75, 3.05) is 6.54 Å². The Kier molecular flexibility index (Phi) is 5.09. The summed E-state index contributed by atoms with van der Waals surface area (Å²) in [6.45, 7) is 2.60. The summed E-state index contributed by atoms with van der Waals surface area (Å²) in [6, 6.07) is 12.7. The number of sulfone groups is 1. The van der Waals surface area contributed by atoms with Crippen LogP contribution in [0, 0.1) is 6.92 Å². The molecule has 0 aliphatic carbocycles. The van der Waals surface area contributed by atoms with Crippen molar-refractivity contribution < 1.29 is 22.0 Å². The van der Waals surface area contributed by atoms with Crippen molar-refractivity contribution in [3.05, 3.63) is 65.2 Å². The lowest BCUT2D eigenvalue weighted by atomic mass is 10.0. The van der Waals surface area contributed by atoms with Crippen LogP contribution in [0.25, 0.3) is 0 Å². The van der Waals surface area contributed by atoms with Crippen molar-refractivity contribution in [2.24, 2.45) is 0 Å². The molecule has 1 amide bonds. The van der Waals surface area contributed by atoms with Crippen molar-refractivity contribution in [2.45, 2.75) is 36.5 Å². The zero-order valence-corrected chi connectivity index (χ0v) is 15.0. The highest BCUT2D eigenvalue weighted by Gasteiger charge is 2.31. The average Bonchev–Trinajstić information content (AvgIpc) is 3.11. The molecule has 2 aromatic carbocycles. The van der Waals surface area contributed by atoms with Gasteiger partial charge in [-0.05, 0) is 49.6 Å². The van der Waals surface area contributed by atoms with Gasteiger partial charge in [0.05, 0.1) is 10.9 Å². The number of carbonyl (C=O) groups excluding carboxylic acids is 1. The van der Waals surface area contributed by atoms with Gasteiger partial charge in [-0.2, -0.15) is 8.78 Å². The van der Waals surface area contributed by atoms with Crippen LogP contribution in [0.1, 0.15) is 40.4 Å². The molecule has 3 rings (SSSR count). The third kappa shape index (κ3) is 3.49. The topological polar surface area (TPSA) is 54.5 Å². The van der Waals surface area contributed by atoms with E-state index in [1.54, 1.807) is 4.90 Å². The lowest BCUT2D eigenvalue weighted by Gasteiger charge is -2.25. The maximum atomic E-state index is 12.8. The Morgan fingerprint density at radius 2 is 1.69 bits per heavy atom. The summed E-state index contributed by atoms with van der Waals surface area (Å²) in [5, 5.41) is 0. The Hall–Kier alpha value is -2.28. The van der Waals surface area contributed by atoms with Crippen LogP contribution in [-0.2, 0) is 9.84 Å². The van der Waals surface area contributed by atoms with Crippen LogP contribution in [-0.4, -0.2) is 31.5 Å². The number of benzene rings is 2. The Labute approximate surface area is 151 Å². The van der Waals surface area contributed by atoms with Crippen molar-refractivity contribution in [3.63, 3.8) is 0 Å². The number of nitrogens with zero attached hydrogens (tertiary/aromatic N) is 1. The predicted octanol–water partition coefficient (Wildman–Crippen LogP) is 3.97. The summed E-state index contributed by atoms with van der Waals surface area (Å²) in [5.74, 6) is -3.71. The van der Waals surface area contributed by atoms with E-state index in [0.717, 1.165) is 36.1 Å². The molecule has 1 heterocycles. The number of carbonyl (C=O) groups is 1. The predicted molar refractivity (Wildman–Crippen MR) is 93.8 cm³/mol. The minimum absolute atomic E-state index is 0.0347. The van der Waals surface area contributed by atoms with Gasteiger partial charge in [0.15, 0.2) is 0 Å². The molecule has 0 spiro atoms. The van der Waals surface area contributed by atoms with Gasteiger partial charge in [-0.3, -0.25) is 4.79 Å². The molecule has 0 radical (unpaired) electrons. The summed E-state index contributed by atoms with van der Waals surface area (Å²) in [5.41, 5.74) is 2.48. The van der Waals surface area contributed by atoms with E-state index in [1.165, 1.54) is 12.1 Å². The number of alkyl halides is 2. The van der Waals surface area contributed by atoms with Crippen LogP contribution in [0.3, 0.4) is 0 Å². The van der Waals surface area contributed by atoms with E-state index in [4.69, 9.17) is 0 Å². The lowest BCUT2D eigenvalue weighted by Crippen LogP contribution is -2.30. The second-order valence-electron chi connectivity index (χ2n) is 6.40. The van der Waals surface area contributed by atoms with E-state index in [0.29, 0.717) is 6.54 Å². The fourth-order valence-corrected chi connectivity index (χ4v) is 3.92. The fraction of sp³-hybridized carbons (Fsp3) is 0.316. The summed E-state index contributed by atoms with van der Waals surface area (Å²) >= 11 is 0. The Balaban J connectivity index is 1.83. The number of hydrogen-bond acceptors (Lipinski definition) is 3. The zero-order chi connectivity index (χ0) is 18.9. The van der Waals surface area contributed by atoms with E-state index in [2.05, 4.69) is 0 Å². The third-order valence-corrected chi connectivity index (χ3v) is 6.04. The molecule has 7 heteroatoms. The molecule has 0 bridgehead atoms. The van der Waals surface area contributed by atoms with Crippen LogP contribution >= 0.6 is 0 Å². The smallest absolute Gasteiger partial charge is 0.332 e. The Morgan fingerprint density at radius 3 is 2.27 bits per heavy atom. The number of rotatable bonds is 4. The summed E-state index contributed by atoms with van der Waals surface area (Å²) in [6.07, 6.45) is 1.73. The molecular weight excluding hydrogens is 360 g/mol. The Morgan fingerprint density at radius 1 is 1.08 bits per heavy atom. The highest BCUT2D eigenvalue weighted by Crippen LogP contribution is 2.33. The van der Waals surface area contributed by atoms with Crippen LogP contribution < -0.4 is 0 Å². The van der Waals surface area contributed by atoms with E-state index in [1.807, 2.05) is 31.2 Å². The monoisotopic (exact) mass is 379 g/mol. The van der Waals surface area contributed by atoms with Gasteiger partial charge in [0.2, 0.25) is 9.84 Å². The van der Waals surface area contributed by atoms with Gasteiger partial charge in [0, 0.05) is 12.1 Å². The minimum atomic E-state index is -4.65. The van der Waals surface area contributed by atoms with Gasteiger partial charge >= 0.3 is 5.76 Å². The second-order valence-corrected chi connectivity index (χ2v) is 8.32. The highest BCUT2D eigenvalue weighted by molar-refractivity contribution is 7.91. The van der Waals surface area contributed by atoms with Gasteiger partial charge in [0.1, 0.15) is 0 Å². The molecule has 4 nitrogen and oxygen atoms in total. The lowest BCUT2D eigenvalue weighted by molar-refractivity contribution is 0.0735. The molecule has 1 atom stereocenters. The van der Waals surface area contributed by atoms with Gasteiger partial charge in [-0.1, -0.05) is 29.8 Å². The Bertz CT molecular complexity index is 893. The molecule has 26 heavy (non-hydrogen) atoms. The number of halogens is 2. The normalized spacial score (nSPS) is 17.7. The summed E-state index contributed by atoms with van der Waals surface area (Å²) < 4.78 is 48.2. The number of amides is 1. The van der Waals surface area contributed by atoms with Crippen LogP contribution in [0.5, 0.6) is 0 Å². The van der Waals surface area contributed by atoms with Crippen molar-refractivity contribution in [1.82, 2.24) is 4.90 Å². The minimum Gasteiger partial charge on any atom is -0.332 e. The SMILES string of the molecule is Cc1ccc(C2CCCN2C(=O)c2ccc(S(=O)(=O)C(F)F)cc2)cc1. The first-order chi connectivity index (χ1) is 12.3. The number of hydrogen-bond donors (Lipinski definition) is 0. The molecule has 1 saturated heterocycles. The summed E-state index contributed by atoms with van der Waals surface area (Å²) in [4.78, 5) is 14.1. The largest absolute Gasteiger partial charge is 0.341 e. The molecular formula is C19H19F2NO3S. The average molecular weight is 379 g/mol. The molecule has 1 unspecified atom stereocenters.